The average Bonchev–Trinajstić information content (AvgIpc) is 2.82. The van der Waals surface area contributed by atoms with E-state index in [0.29, 0.717) is 6.61 Å². The fourth-order valence-electron chi connectivity index (χ4n) is 2.43. The summed E-state index contributed by atoms with van der Waals surface area (Å²) in [5, 5.41) is 13.6. The van der Waals surface area contributed by atoms with Crippen LogP contribution < -0.4 is 10.1 Å². The lowest BCUT2D eigenvalue weighted by Crippen LogP contribution is -2.32. The number of nitrogens with one attached hydrogen (secondary N) is 1. The Morgan fingerprint density at radius 3 is 2.74 bits per heavy atom. The smallest absolute Gasteiger partial charge is 0.133 e. The molecule has 0 aliphatic heterocycles. The highest BCUT2D eigenvalue weighted by molar-refractivity contribution is 9.10. The maximum Gasteiger partial charge on any atom is 0.133 e. The van der Waals surface area contributed by atoms with E-state index >= 15 is 0 Å². The quantitative estimate of drug-likeness (QED) is 0.842. The van der Waals surface area contributed by atoms with E-state index in [4.69, 9.17) is 4.74 Å². The molecule has 0 atom stereocenters. The highest BCUT2D eigenvalue weighted by atomic mass is 79.9. The molecule has 3 nitrogen and oxygen atoms in total. The lowest BCUT2D eigenvalue weighted by Gasteiger charge is -2.22. The van der Waals surface area contributed by atoms with E-state index in [9.17, 15) is 5.11 Å². The zero-order chi connectivity index (χ0) is 13.7. The second-order valence-corrected chi connectivity index (χ2v) is 6.12. The second-order valence-electron chi connectivity index (χ2n) is 5.27. The summed E-state index contributed by atoms with van der Waals surface area (Å²) in [6, 6.07) is 6.09. The summed E-state index contributed by atoms with van der Waals surface area (Å²) in [5.74, 6) is 0.806. The first-order chi connectivity index (χ1) is 9.13. The maximum absolute atomic E-state index is 10.3. The minimum atomic E-state index is -0.623. The number of aliphatic hydroxyl groups is 1. The summed E-state index contributed by atoms with van der Waals surface area (Å²) in [6.45, 7) is 4.30. The molecule has 19 heavy (non-hydrogen) atoms. The third-order valence-corrected chi connectivity index (χ3v) is 4.23. The fraction of sp³-hybridized carbons (Fsp3) is 0.600. The van der Waals surface area contributed by atoms with Crippen molar-refractivity contribution < 1.29 is 9.84 Å². The van der Waals surface area contributed by atoms with Crippen LogP contribution in [0.1, 0.15) is 38.2 Å². The zero-order valence-corrected chi connectivity index (χ0v) is 13.0. The minimum absolute atomic E-state index is 0.387. The first-order valence-electron chi connectivity index (χ1n) is 6.97. The zero-order valence-electron chi connectivity index (χ0n) is 11.4. The second kappa shape index (κ2) is 6.73. The predicted molar refractivity (Wildman–Crippen MR) is 80.4 cm³/mol. The number of hydrogen-bond donors (Lipinski definition) is 2. The Morgan fingerprint density at radius 1 is 1.37 bits per heavy atom. The molecule has 2 N–H and O–H groups in total. The first-order valence-corrected chi connectivity index (χ1v) is 7.76. The van der Waals surface area contributed by atoms with E-state index in [1.165, 1.54) is 5.56 Å². The van der Waals surface area contributed by atoms with Crippen LogP contribution in [0.2, 0.25) is 0 Å². The molecule has 1 saturated carbocycles. The molecule has 0 amide bonds. The van der Waals surface area contributed by atoms with Gasteiger partial charge in [-0.1, -0.05) is 25.8 Å². The third-order valence-electron chi connectivity index (χ3n) is 3.61. The molecule has 0 bridgehead atoms. The fourth-order valence-corrected chi connectivity index (χ4v) is 2.97. The van der Waals surface area contributed by atoms with Crippen molar-refractivity contribution in [2.75, 3.05) is 13.2 Å². The summed E-state index contributed by atoms with van der Waals surface area (Å²) in [6.07, 6.45) is 3.90. The van der Waals surface area contributed by atoms with Crippen LogP contribution in [-0.2, 0) is 6.54 Å². The summed E-state index contributed by atoms with van der Waals surface area (Å²) < 4.78 is 6.71. The van der Waals surface area contributed by atoms with Crippen LogP contribution in [0.3, 0.4) is 0 Å². The number of rotatable bonds is 6. The normalized spacial score (nSPS) is 17.6. The van der Waals surface area contributed by atoms with E-state index in [1.54, 1.807) is 0 Å². The van der Waals surface area contributed by atoms with Crippen molar-refractivity contribution >= 4 is 15.9 Å². The van der Waals surface area contributed by atoms with Crippen molar-refractivity contribution in [3.05, 3.63) is 28.2 Å². The lowest BCUT2D eigenvalue weighted by atomic mass is 10.0. The SMILES string of the molecule is CCNCc1ccc(OCC2(O)CCCC2)c(Br)c1. The molecule has 4 heteroatoms. The van der Waals surface area contributed by atoms with Crippen LogP contribution >= 0.6 is 15.9 Å². The minimum Gasteiger partial charge on any atom is -0.489 e. The standard InChI is InChI=1S/C15H22BrNO2/c1-2-17-10-12-5-6-14(13(16)9-12)19-11-15(18)7-3-4-8-15/h5-6,9,17-18H,2-4,7-8,10-11H2,1H3. The highest BCUT2D eigenvalue weighted by Crippen LogP contribution is 2.32. The van der Waals surface area contributed by atoms with Gasteiger partial charge in [0.15, 0.2) is 0 Å². The van der Waals surface area contributed by atoms with Gasteiger partial charge in [-0.3, -0.25) is 0 Å². The monoisotopic (exact) mass is 327 g/mol. The maximum atomic E-state index is 10.3. The van der Waals surface area contributed by atoms with Crippen LogP contribution in [0.5, 0.6) is 5.75 Å². The molecular weight excluding hydrogens is 306 g/mol. The number of benzene rings is 1. The Kier molecular flexibility index (Phi) is 5.25. The van der Waals surface area contributed by atoms with Crippen molar-refractivity contribution in [2.45, 2.75) is 44.8 Å². The van der Waals surface area contributed by atoms with Gasteiger partial charge in [-0.15, -0.1) is 0 Å². The molecule has 2 rings (SSSR count). The Labute approximate surface area is 123 Å². The van der Waals surface area contributed by atoms with Crippen LogP contribution in [0.15, 0.2) is 22.7 Å². The Balaban J connectivity index is 1.93. The highest BCUT2D eigenvalue weighted by Gasteiger charge is 2.32. The van der Waals surface area contributed by atoms with Gasteiger partial charge in [-0.2, -0.15) is 0 Å². The largest absolute Gasteiger partial charge is 0.489 e. The van der Waals surface area contributed by atoms with Crippen molar-refractivity contribution in [1.29, 1.82) is 0 Å². The topological polar surface area (TPSA) is 41.5 Å². The lowest BCUT2D eigenvalue weighted by molar-refractivity contribution is 0.00118. The number of halogens is 1. The van der Waals surface area contributed by atoms with Crippen molar-refractivity contribution in [3.8, 4) is 5.75 Å². The molecule has 0 unspecified atom stereocenters. The van der Waals surface area contributed by atoms with Gasteiger partial charge < -0.3 is 15.2 Å². The molecule has 1 fully saturated rings. The van der Waals surface area contributed by atoms with E-state index in [1.807, 2.05) is 6.07 Å². The van der Waals surface area contributed by atoms with Gasteiger partial charge in [0.2, 0.25) is 0 Å². The van der Waals surface area contributed by atoms with Crippen LogP contribution in [0, 0.1) is 0 Å². The summed E-state index contributed by atoms with van der Waals surface area (Å²) >= 11 is 3.53. The molecular formula is C15H22BrNO2. The Morgan fingerprint density at radius 2 is 2.11 bits per heavy atom. The number of hydrogen-bond acceptors (Lipinski definition) is 3. The summed E-state index contributed by atoms with van der Waals surface area (Å²) in [5.41, 5.74) is 0.600. The van der Waals surface area contributed by atoms with E-state index < -0.39 is 5.60 Å². The average molecular weight is 328 g/mol. The van der Waals surface area contributed by atoms with Gasteiger partial charge in [0, 0.05) is 6.54 Å². The van der Waals surface area contributed by atoms with Crippen LogP contribution in [0.4, 0.5) is 0 Å². The molecule has 1 aromatic rings. The Bertz CT molecular complexity index is 417. The van der Waals surface area contributed by atoms with Gasteiger partial charge in [0.1, 0.15) is 12.4 Å². The van der Waals surface area contributed by atoms with Gasteiger partial charge in [-0.05, 0) is 53.0 Å². The van der Waals surface area contributed by atoms with E-state index in [2.05, 4.69) is 40.3 Å². The Hall–Kier alpha value is -0.580. The van der Waals surface area contributed by atoms with Crippen LogP contribution in [0.25, 0.3) is 0 Å². The van der Waals surface area contributed by atoms with Gasteiger partial charge in [-0.25, -0.2) is 0 Å². The van der Waals surface area contributed by atoms with Crippen molar-refractivity contribution in [3.63, 3.8) is 0 Å². The summed E-state index contributed by atoms with van der Waals surface area (Å²) in [7, 11) is 0. The van der Waals surface area contributed by atoms with Crippen LogP contribution in [-0.4, -0.2) is 23.9 Å². The third kappa shape index (κ3) is 4.20. The summed E-state index contributed by atoms with van der Waals surface area (Å²) in [4.78, 5) is 0. The van der Waals surface area contributed by atoms with Gasteiger partial charge in [0.05, 0.1) is 10.1 Å². The van der Waals surface area contributed by atoms with E-state index in [0.717, 1.165) is 49.0 Å². The van der Waals surface area contributed by atoms with Crippen molar-refractivity contribution in [2.24, 2.45) is 0 Å². The first kappa shape index (κ1) is 14.8. The molecule has 1 aromatic carbocycles. The predicted octanol–water partition coefficient (Wildman–Crippen LogP) is 3.24. The molecule has 106 valence electrons. The molecule has 1 aliphatic carbocycles. The molecule has 0 heterocycles. The van der Waals surface area contributed by atoms with Gasteiger partial charge >= 0.3 is 0 Å². The molecule has 0 saturated heterocycles. The number of ether oxygens (including phenoxy) is 1. The van der Waals surface area contributed by atoms with Crippen molar-refractivity contribution in [1.82, 2.24) is 5.32 Å². The molecule has 0 aromatic heterocycles. The molecule has 0 radical (unpaired) electrons. The molecule has 0 spiro atoms. The van der Waals surface area contributed by atoms with E-state index in [-0.39, 0.29) is 0 Å². The van der Waals surface area contributed by atoms with Gasteiger partial charge in [0.25, 0.3) is 0 Å². The molecule has 1 aliphatic rings.